The SMILES string of the molecule is CCNCCCOc1nc(N2CC3CCC(C2)N3)c2cc(Cl)c(-c3cc(O)cc4ccccc34)c(F)c2n1. The number of phenols is 1. The molecule has 3 N–H and O–H groups in total. The van der Waals surface area contributed by atoms with Crippen LogP contribution < -0.4 is 20.3 Å². The Morgan fingerprint density at radius 2 is 1.92 bits per heavy atom. The van der Waals surface area contributed by atoms with Crippen molar-refractivity contribution >= 4 is 39.1 Å². The number of halogens is 2. The van der Waals surface area contributed by atoms with Crippen molar-refractivity contribution in [3.63, 3.8) is 0 Å². The van der Waals surface area contributed by atoms with Crippen LogP contribution in [-0.2, 0) is 0 Å². The zero-order chi connectivity index (χ0) is 26.2. The minimum absolute atomic E-state index is 0.0404. The van der Waals surface area contributed by atoms with Gasteiger partial charge >= 0.3 is 6.01 Å². The van der Waals surface area contributed by atoms with E-state index in [-0.39, 0.29) is 27.9 Å². The normalized spacial score (nSPS) is 19.0. The molecule has 38 heavy (non-hydrogen) atoms. The molecule has 3 heterocycles. The summed E-state index contributed by atoms with van der Waals surface area (Å²) in [6.45, 7) is 5.74. The van der Waals surface area contributed by atoms with E-state index < -0.39 is 5.82 Å². The molecule has 2 aliphatic rings. The molecule has 7 nitrogen and oxygen atoms in total. The molecule has 0 amide bonds. The molecule has 1 aromatic heterocycles. The van der Waals surface area contributed by atoms with Gasteiger partial charge in [-0.2, -0.15) is 9.97 Å². The molecule has 0 spiro atoms. The molecule has 2 atom stereocenters. The van der Waals surface area contributed by atoms with Crippen LogP contribution in [0.3, 0.4) is 0 Å². The Morgan fingerprint density at radius 3 is 2.71 bits per heavy atom. The van der Waals surface area contributed by atoms with Gasteiger partial charge in [-0.1, -0.05) is 42.8 Å². The first-order valence-corrected chi connectivity index (χ1v) is 13.7. The fraction of sp³-hybridized carbons (Fsp3) is 0.379. The number of hydrogen-bond donors (Lipinski definition) is 3. The number of benzene rings is 3. The Morgan fingerprint density at radius 1 is 1.13 bits per heavy atom. The van der Waals surface area contributed by atoms with Gasteiger partial charge < -0.3 is 25.4 Å². The van der Waals surface area contributed by atoms with Gasteiger partial charge in [0.1, 0.15) is 17.1 Å². The van der Waals surface area contributed by atoms with E-state index in [0.29, 0.717) is 35.5 Å². The van der Waals surface area contributed by atoms with Crippen LogP contribution in [0.4, 0.5) is 10.2 Å². The number of aromatic nitrogens is 2. The summed E-state index contributed by atoms with van der Waals surface area (Å²) >= 11 is 6.80. The van der Waals surface area contributed by atoms with E-state index in [0.717, 1.165) is 56.2 Å². The van der Waals surface area contributed by atoms with Crippen molar-refractivity contribution in [3.8, 4) is 22.9 Å². The third-order valence-electron chi connectivity index (χ3n) is 7.45. The first kappa shape index (κ1) is 25.1. The highest BCUT2D eigenvalue weighted by atomic mass is 35.5. The van der Waals surface area contributed by atoms with E-state index in [1.165, 1.54) is 0 Å². The average molecular weight is 536 g/mol. The van der Waals surface area contributed by atoms with Gasteiger partial charge in [-0.3, -0.25) is 0 Å². The van der Waals surface area contributed by atoms with Crippen LogP contribution in [0.15, 0.2) is 42.5 Å². The highest BCUT2D eigenvalue weighted by Gasteiger charge is 2.34. The van der Waals surface area contributed by atoms with E-state index in [4.69, 9.17) is 21.3 Å². The molecule has 0 radical (unpaired) electrons. The van der Waals surface area contributed by atoms with Crippen LogP contribution in [0.1, 0.15) is 26.2 Å². The lowest BCUT2D eigenvalue weighted by Crippen LogP contribution is -2.51. The van der Waals surface area contributed by atoms with E-state index in [1.807, 2.05) is 24.3 Å². The highest BCUT2D eigenvalue weighted by Crippen LogP contribution is 2.42. The summed E-state index contributed by atoms with van der Waals surface area (Å²) in [7, 11) is 0. The Bertz CT molecular complexity index is 1490. The zero-order valence-corrected chi connectivity index (χ0v) is 22.1. The van der Waals surface area contributed by atoms with Crippen LogP contribution in [0, 0.1) is 5.82 Å². The topological polar surface area (TPSA) is 82.5 Å². The van der Waals surface area contributed by atoms with E-state index >= 15 is 4.39 Å². The van der Waals surface area contributed by atoms with E-state index in [2.05, 4.69) is 27.4 Å². The quantitative estimate of drug-likeness (QED) is 0.265. The molecule has 2 fully saturated rings. The standard InChI is InChI=1S/C29H31ClFN5O2/c1-2-32-10-5-11-38-29-34-27-23(28(35-29)36-15-18-8-9-19(16-36)33-18)14-24(30)25(26(27)31)22-13-20(37)12-17-6-3-4-7-21(17)22/h3-4,6-7,12-14,18-19,32-33,37H,2,5,8-11,15-16H2,1H3. The molecule has 4 aromatic rings. The van der Waals surface area contributed by atoms with Crippen LogP contribution >= 0.6 is 11.6 Å². The summed E-state index contributed by atoms with van der Waals surface area (Å²) in [5.41, 5.74) is 0.877. The molecule has 2 aliphatic heterocycles. The van der Waals surface area contributed by atoms with Crippen molar-refractivity contribution in [3.05, 3.63) is 53.3 Å². The Kier molecular flexibility index (Phi) is 6.95. The molecule has 2 bridgehead atoms. The first-order chi connectivity index (χ1) is 18.5. The third kappa shape index (κ3) is 4.72. The van der Waals surface area contributed by atoms with Crippen LogP contribution in [0.25, 0.3) is 32.8 Å². The van der Waals surface area contributed by atoms with Gasteiger partial charge in [0, 0.05) is 36.1 Å². The van der Waals surface area contributed by atoms with Crippen molar-refractivity contribution in [2.75, 3.05) is 37.7 Å². The zero-order valence-electron chi connectivity index (χ0n) is 21.3. The van der Waals surface area contributed by atoms with Gasteiger partial charge in [0.2, 0.25) is 0 Å². The molecule has 0 saturated carbocycles. The molecule has 2 saturated heterocycles. The second kappa shape index (κ2) is 10.5. The maximum atomic E-state index is 16.5. The summed E-state index contributed by atoms with van der Waals surface area (Å²) in [6, 6.07) is 13.4. The number of nitrogens with zero attached hydrogens (tertiary/aromatic N) is 3. The van der Waals surface area contributed by atoms with Crippen molar-refractivity contribution in [1.29, 1.82) is 0 Å². The lowest BCUT2D eigenvalue weighted by molar-refractivity contribution is 0.286. The number of fused-ring (bicyclic) bond motifs is 4. The van der Waals surface area contributed by atoms with Gasteiger partial charge in [0.05, 0.1) is 11.6 Å². The molecule has 9 heteroatoms. The maximum absolute atomic E-state index is 16.5. The lowest BCUT2D eigenvalue weighted by Gasteiger charge is -2.34. The van der Waals surface area contributed by atoms with Gasteiger partial charge in [-0.05, 0) is 66.9 Å². The van der Waals surface area contributed by atoms with Crippen molar-refractivity contribution < 1.29 is 14.2 Å². The summed E-state index contributed by atoms with van der Waals surface area (Å²) in [5, 5.41) is 19.7. The molecule has 6 rings (SSSR count). The van der Waals surface area contributed by atoms with Gasteiger partial charge in [0.25, 0.3) is 0 Å². The Labute approximate surface area is 226 Å². The predicted octanol–water partition coefficient (Wildman–Crippen LogP) is 5.27. The number of ether oxygens (including phenoxy) is 1. The largest absolute Gasteiger partial charge is 0.508 e. The van der Waals surface area contributed by atoms with Gasteiger partial charge in [-0.15, -0.1) is 0 Å². The molecule has 198 valence electrons. The summed E-state index contributed by atoms with van der Waals surface area (Å²) < 4.78 is 22.4. The monoisotopic (exact) mass is 535 g/mol. The lowest BCUT2D eigenvalue weighted by atomic mass is 9.96. The fourth-order valence-electron chi connectivity index (χ4n) is 5.72. The van der Waals surface area contributed by atoms with Gasteiger partial charge in [0.15, 0.2) is 5.82 Å². The number of phenolic OH excluding ortho intramolecular Hbond substituents is 1. The molecular formula is C29H31ClFN5O2. The highest BCUT2D eigenvalue weighted by molar-refractivity contribution is 6.35. The third-order valence-corrected chi connectivity index (χ3v) is 7.75. The van der Waals surface area contributed by atoms with Crippen molar-refractivity contribution in [2.45, 2.75) is 38.3 Å². The predicted molar refractivity (Wildman–Crippen MR) is 150 cm³/mol. The number of nitrogens with one attached hydrogen (secondary N) is 2. The minimum Gasteiger partial charge on any atom is -0.508 e. The number of rotatable bonds is 8. The Balaban J connectivity index is 1.49. The maximum Gasteiger partial charge on any atom is 0.319 e. The summed E-state index contributed by atoms with van der Waals surface area (Å²) in [4.78, 5) is 11.5. The molecule has 0 aliphatic carbocycles. The number of piperazine rings is 1. The van der Waals surface area contributed by atoms with Crippen LogP contribution in [0.5, 0.6) is 11.8 Å². The molecule has 3 aromatic carbocycles. The van der Waals surface area contributed by atoms with Gasteiger partial charge in [-0.25, -0.2) is 4.39 Å². The van der Waals surface area contributed by atoms with E-state index in [1.54, 1.807) is 18.2 Å². The number of aromatic hydroxyl groups is 1. The van der Waals surface area contributed by atoms with E-state index in [9.17, 15) is 5.11 Å². The summed E-state index contributed by atoms with van der Waals surface area (Å²) in [5.74, 6) is 0.129. The summed E-state index contributed by atoms with van der Waals surface area (Å²) in [6.07, 6.45) is 3.01. The second-order valence-electron chi connectivity index (χ2n) is 10.1. The smallest absolute Gasteiger partial charge is 0.319 e. The number of hydrogen-bond acceptors (Lipinski definition) is 7. The minimum atomic E-state index is -0.553. The fourth-order valence-corrected chi connectivity index (χ4v) is 6.02. The molecular weight excluding hydrogens is 505 g/mol. The van der Waals surface area contributed by atoms with Crippen molar-refractivity contribution in [1.82, 2.24) is 20.6 Å². The van der Waals surface area contributed by atoms with Crippen LogP contribution in [0.2, 0.25) is 5.02 Å². The molecule has 2 unspecified atom stereocenters. The number of anilines is 1. The van der Waals surface area contributed by atoms with Crippen LogP contribution in [-0.4, -0.2) is 59.9 Å². The Hall–Kier alpha value is -3.20. The average Bonchev–Trinajstić information content (AvgIpc) is 3.25. The van der Waals surface area contributed by atoms with Crippen molar-refractivity contribution in [2.24, 2.45) is 0 Å². The second-order valence-corrected chi connectivity index (χ2v) is 10.5. The first-order valence-electron chi connectivity index (χ1n) is 13.3.